The Balaban J connectivity index is 0.960. The van der Waals surface area contributed by atoms with Crippen LogP contribution in [0.4, 0.5) is 17.1 Å². The van der Waals surface area contributed by atoms with Crippen molar-refractivity contribution in [3.8, 4) is 66.8 Å². The molecule has 0 aliphatic heterocycles. The monoisotopic (exact) mass is 1060 g/mol. The molecule has 13 aromatic carbocycles. The molecule has 0 N–H and O–H groups in total. The summed E-state index contributed by atoms with van der Waals surface area (Å²) >= 11 is 0. The smallest absolute Gasteiger partial charge is 0.0714 e. The molecule has 0 saturated heterocycles. The Morgan fingerprint density at radius 1 is 0.337 bits per heavy atom. The Labute approximate surface area is 487 Å². The number of anilines is 3. The third kappa shape index (κ3) is 9.01. The molecule has 1 heteroatoms. The second-order valence-corrected chi connectivity index (χ2v) is 21.6. The van der Waals surface area contributed by atoms with Crippen molar-refractivity contribution in [1.29, 1.82) is 0 Å². The van der Waals surface area contributed by atoms with Crippen LogP contribution in [0.1, 0.15) is 34.7 Å². The number of rotatable bonds is 13. The number of fused-ring (bicyclic) bond motifs is 5. The number of hydrogen-bond donors (Lipinski definition) is 0. The molecule has 392 valence electrons. The van der Waals surface area contributed by atoms with Crippen LogP contribution in [-0.2, 0) is 5.41 Å². The van der Waals surface area contributed by atoms with Crippen LogP contribution in [0.5, 0.6) is 0 Å². The van der Waals surface area contributed by atoms with E-state index in [-0.39, 0.29) is 0 Å². The van der Waals surface area contributed by atoms with E-state index in [0.717, 1.165) is 28.2 Å². The maximum absolute atomic E-state index is 3.99. The van der Waals surface area contributed by atoms with Gasteiger partial charge in [-0.2, -0.15) is 0 Å². The van der Waals surface area contributed by atoms with Gasteiger partial charge in [-0.15, -0.1) is 0 Å². The lowest BCUT2D eigenvalue weighted by Crippen LogP contribution is -2.28. The first kappa shape index (κ1) is 50.6. The van der Waals surface area contributed by atoms with Gasteiger partial charge in [0, 0.05) is 17.1 Å². The summed E-state index contributed by atoms with van der Waals surface area (Å²) in [6.07, 6.45) is 8.17. The van der Waals surface area contributed by atoms with Gasteiger partial charge in [0.25, 0.3) is 0 Å². The van der Waals surface area contributed by atoms with Gasteiger partial charge in [-0.3, -0.25) is 0 Å². The highest BCUT2D eigenvalue weighted by molar-refractivity contribution is 6.16. The highest BCUT2D eigenvalue weighted by Crippen LogP contribution is 2.58. The third-order valence-electron chi connectivity index (χ3n) is 16.9. The predicted octanol–water partition coefficient (Wildman–Crippen LogP) is 22.3. The molecule has 1 nitrogen and oxygen atoms in total. The Morgan fingerprint density at radius 2 is 0.807 bits per heavy atom. The molecule has 1 aliphatic carbocycles. The Hall–Kier alpha value is -10.6. The van der Waals surface area contributed by atoms with Crippen LogP contribution in [0.15, 0.2) is 334 Å². The van der Waals surface area contributed by atoms with E-state index in [9.17, 15) is 0 Å². The first-order valence-electron chi connectivity index (χ1n) is 28.7. The molecule has 0 saturated carbocycles. The first-order valence-corrected chi connectivity index (χ1v) is 28.7. The SMILES string of the molecule is C=C/C=C\C=C(/C)c1c(-c2ccccc2)c(-c2ccccc2)c2ccc(-c3ccc(N(c4ccc(-c5ccc6ccccc6c5)cc4)c4ccc5c(c4)C(c4ccccc4)(c4ccccc4)c4ccccc4-5)cc3)cc2c1-c1ccccc1. The summed E-state index contributed by atoms with van der Waals surface area (Å²) < 4.78 is 0. The minimum absolute atomic E-state index is 0.548. The topological polar surface area (TPSA) is 3.24 Å². The lowest BCUT2D eigenvalue weighted by molar-refractivity contribution is 0.768. The van der Waals surface area contributed by atoms with Crippen LogP contribution in [-0.4, -0.2) is 0 Å². The number of hydrogen-bond acceptors (Lipinski definition) is 1. The van der Waals surface area contributed by atoms with Gasteiger partial charge in [-0.25, -0.2) is 0 Å². The minimum Gasteiger partial charge on any atom is -0.310 e. The summed E-state index contributed by atoms with van der Waals surface area (Å²) in [6, 6.07) is 112. The van der Waals surface area contributed by atoms with E-state index in [0.29, 0.717) is 0 Å². The van der Waals surface area contributed by atoms with Gasteiger partial charge in [0.05, 0.1) is 5.41 Å². The quantitative estimate of drug-likeness (QED) is 0.104. The summed E-state index contributed by atoms with van der Waals surface area (Å²) in [4.78, 5) is 2.44. The van der Waals surface area contributed by atoms with Gasteiger partial charge in [0.1, 0.15) is 0 Å². The standard InChI is InChI=1S/C82H59N/c1-3-4-10-25-57(2)78-80(62-29-13-6-14-30-62)75-55-66(46-52-74(75)79(61-27-11-5-12-28-61)81(78)63-31-15-7-16-32-63)60-44-49-70(50-45-60)83(69-47-42-59(43-48-69)65-41-40-58-26-21-22-33-64(58)54-65)71-51-53-73-72-38-23-24-39-76(72)82(77(73)56-71,67-34-17-8-18-35-67)68-36-19-9-20-37-68/h3-56H,1H2,2H3/b10-4-,57-25+. The summed E-state index contributed by atoms with van der Waals surface area (Å²) in [5, 5.41) is 4.86. The first-order chi connectivity index (χ1) is 41.1. The molecule has 14 rings (SSSR count). The average molecular weight is 1060 g/mol. The summed E-state index contributed by atoms with van der Waals surface area (Å²) in [6.45, 7) is 6.23. The van der Waals surface area contributed by atoms with E-state index < -0.39 is 5.41 Å². The van der Waals surface area contributed by atoms with E-state index in [1.807, 2.05) is 12.2 Å². The van der Waals surface area contributed by atoms with E-state index >= 15 is 0 Å². The molecule has 0 atom stereocenters. The number of allylic oxidation sites excluding steroid dienone is 5. The van der Waals surface area contributed by atoms with Gasteiger partial charge in [0.15, 0.2) is 0 Å². The zero-order chi connectivity index (χ0) is 55.7. The van der Waals surface area contributed by atoms with Crippen LogP contribution in [0, 0.1) is 0 Å². The van der Waals surface area contributed by atoms with Crippen LogP contribution in [0.2, 0.25) is 0 Å². The molecule has 0 heterocycles. The lowest BCUT2D eigenvalue weighted by atomic mass is 9.67. The fourth-order valence-corrected chi connectivity index (χ4v) is 13.1. The molecule has 0 radical (unpaired) electrons. The highest BCUT2D eigenvalue weighted by atomic mass is 15.1. The predicted molar refractivity (Wildman–Crippen MR) is 354 cm³/mol. The zero-order valence-electron chi connectivity index (χ0n) is 46.3. The summed E-state index contributed by atoms with van der Waals surface area (Å²) in [5.74, 6) is 0. The maximum Gasteiger partial charge on any atom is 0.0714 e. The van der Waals surface area contributed by atoms with E-state index in [2.05, 4.69) is 334 Å². The van der Waals surface area contributed by atoms with Gasteiger partial charge in [-0.1, -0.05) is 286 Å². The van der Waals surface area contributed by atoms with Crippen molar-refractivity contribution in [1.82, 2.24) is 0 Å². The molecule has 83 heavy (non-hydrogen) atoms. The van der Waals surface area contributed by atoms with Crippen molar-refractivity contribution in [3.05, 3.63) is 362 Å². The van der Waals surface area contributed by atoms with Crippen molar-refractivity contribution < 1.29 is 0 Å². The largest absolute Gasteiger partial charge is 0.310 e. The average Bonchev–Trinajstić information content (AvgIpc) is 2.34. The molecule has 0 aromatic heterocycles. The van der Waals surface area contributed by atoms with E-state index in [1.54, 1.807) is 0 Å². The van der Waals surface area contributed by atoms with Gasteiger partial charge in [0.2, 0.25) is 0 Å². The molecule has 0 unspecified atom stereocenters. The Kier molecular flexibility index (Phi) is 13.3. The van der Waals surface area contributed by atoms with Crippen LogP contribution < -0.4 is 4.90 Å². The second-order valence-electron chi connectivity index (χ2n) is 21.6. The van der Waals surface area contributed by atoms with Crippen LogP contribution in [0.3, 0.4) is 0 Å². The molecule has 0 spiro atoms. The zero-order valence-corrected chi connectivity index (χ0v) is 46.3. The summed E-state index contributed by atoms with van der Waals surface area (Å²) in [7, 11) is 0. The van der Waals surface area contributed by atoms with Gasteiger partial charge < -0.3 is 4.90 Å². The highest BCUT2D eigenvalue weighted by Gasteiger charge is 2.46. The fourth-order valence-electron chi connectivity index (χ4n) is 13.1. The minimum atomic E-state index is -0.548. The normalized spacial score (nSPS) is 12.6. The summed E-state index contributed by atoms with van der Waals surface area (Å²) in [5.41, 5.74) is 24.4. The maximum atomic E-state index is 3.99. The van der Waals surface area contributed by atoms with Crippen molar-refractivity contribution in [2.75, 3.05) is 4.90 Å². The fraction of sp³-hybridized carbons (Fsp3) is 0.0244. The second kappa shape index (κ2) is 21.8. The molecule has 0 fully saturated rings. The Morgan fingerprint density at radius 3 is 1.41 bits per heavy atom. The van der Waals surface area contributed by atoms with Gasteiger partial charge >= 0.3 is 0 Å². The molecule has 0 amide bonds. The molecule has 1 aliphatic rings. The molecular weight excluding hydrogens is 999 g/mol. The van der Waals surface area contributed by atoms with E-state index in [1.165, 1.54) is 111 Å². The van der Waals surface area contributed by atoms with Crippen molar-refractivity contribution in [3.63, 3.8) is 0 Å². The van der Waals surface area contributed by atoms with Crippen molar-refractivity contribution >= 4 is 44.2 Å². The van der Waals surface area contributed by atoms with Gasteiger partial charge in [-0.05, 0) is 177 Å². The van der Waals surface area contributed by atoms with Crippen molar-refractivity contribution in [2.45, 2.75) is 12.3 Å². The Bertz CT molecular complexity index is 4540. The van der Waals surface area contributed by atoms with Crippen LogP contribution >= 0.6 is 0 Å². The van der Waals surface area contributed by atoms with Crippen molar-refractivity contribution in [2.24, 2.45) is 0 Å². The number of nitrogens with zero attached hydrogens (tertiary/aromatic N) is 1. The lowest BCUT2D eigenvalue weighted by Gasteiger charge is -2.35. The number of benzene rings is 13. The van der Waals surface area contributed by atoms with E-state index in [4.69, 9.17) is 0 Å². The molecular formula is C82H59N. The van der Waals surface area contributed by atoms with Crippen LogP contribution in [0.25, 0.3) is 93.9 Å². The molecule has 13 aromatic rings. The molecule has 0 bridgehead atoms. The third-order valence-corrected chi connectivity index (χ3v) is 16.9.